The minimum Gasteiger partial charge on any atom is -0.372 e. The molecule has 0 spiro atoms. The third-order valence-electron chi connectivity index (χ3n) is 2.04. The Morgan fingerprint density at radius 1 is 1.17 bits per heavy atom. The SMILES string of the molecule is [CH]c1ccccc1N(CC)CC. The molecule has 0 aliphatic rings. The number of nitrogens with zero attached hydrogens (tertiary/aromatic N) is 1. The maximum absolute atomic E-state index is 5.83. The summed E-state index contributed by atoms with van der Waals surface area (Å²) in [6.07, 6.45) is 0. The molecule has 0 bridgehead atoms. The fourth-order valence-corrected chi connectivity index (χ4v) is 1.34. The van der Waals surface area contributed by atoms with E-state index in [1.807, 2.05) is 18.2 Å². The highest BCUT2D eigenvalue weighted by atomic mass is 15.1. The van der Waals surface area contributed by atoms with E-state index >= 15 is 0 Å². The van der Waals surface area contributed by atoms with Gasteiger partial charge in [0.2, 0.25) is 0 Å². The van der Waals surface area contributed by atoms with Crippen LogP contribution in [0.1, 0.15) is 19.4 Å². The van der Waals surface area contributed by atoms with Crippen molar-refractivity contribution in [2.45, 2.75) is 13.8 Å². The molecular formula is C11H15N. The Hall–Kier alpha value is -0.980. The molecule has 0 aromatic heterocycles. The molecule has 0 saturated heterocycles. The maximum Gasteiger partial charge on any atom is 0.0401 e. The van der Waals surface area contributed by atoms with Gasteiger partial charge in [-0.15, -0.1) is 0 Å². The fourth-order valence-electron chi connectivity index (χ4n) is 1.34. The van der Waals surface area contributed by atoms with Gasteiger partial charge in [-0.3, -0.25) is 0 Å². The number of hydrogen-bond donors (Lipinski definition) is 0. The Labute approximate surface area is 75.0 Å². The van der Waals surface area contributed by atoms with E-state index in [0.717, 1.165) is 24.3 Å². The van der Waals surface area contributed by atoms with Crippen LogP contribution < -0.4 is 4.90 Å². The molecule has 0 fully saturated rings. The first-order valence-corrected chi connectivity index (χ1v) is 4.39. The van der Waals surface area contributed by atoms with Gasteiger partial charge in [-0.05, 0) is 25.5 Å². The van der Waals surface area contributed by atoms with Crippen molar-refractivity contribution in [1.82, 2.24) is 0 Å². The van der Waals surface area contributed by atoms with Gasteiger partial charge in [0.1, 0.15) is 0 Å². The van der Waals surface area contributed by atoms with Crippen molar-refractivity contribution in [3.63, 3.8) is 0 Å². The Morgan fingerprint density at radius 3 is 2.25 bits per heavy atom. The third kappa shape index (κ3) is 1.79. The second-order valence-corrected chi connectivity index (χ2v) is 2.73. The highest BCUT2D eigenvalue weighted by molar-refractivity contribution is 5.54. The molecule has 0 N–H and O–H groups in total. The van der Waals surface area contributed by atoms with Crippen molar-refractivity contribution in [2.24, 2.45) is 0 Å². The molecule has 0 atom stereocenters. The standard InChI is InChI=1S/C11H15N/c1-4-12(5-2)11-9-7-6-8-10(11)3/h3,6-9H,4-5H2,1-2H3. The molecule has 0 amide bonds. The van der Waals surface area contributed by atoms with Crippen LogP contribution in [0.3, 0.4) is 0 Å². The van der Waals surface area contributed by atoms with Crippen LogP contribution in [-0.2, 0) is 0 Å². The lowest BCUT2D eigenvalue weighted by molar-refractivity contribution is 0.864. The molecule has 1 aromatic carbocycles. The molecule has 0 saturated carbocycles. The quantitative estimate of drug-likeness (QED) is 0.658. The van der Waals surface area contributed by atoms with Crippen molar-refractivity contribution >= 4 is 5.69 Å². The first kappa shape index (κ1) is 9.11. The van der Waals surface area contributed by atoms with Crippen LogP contribution in [0.2, 0.25) is 0 Å². The largest absolute Gasteiger partial charge is 0.372 e. The Balaban J connectivity index is 2.92. The number of benzene rings is 1. The maximum atomic E-state index is 5.83. The first-order chi connectivity index (χ1) is 5.79. The van der Waals surface area contributed by atoms with E-state index in [9.17, 15) is 0 Å². The number of hydrogen-bond acceptors (Lipinski definition) is 1. The average molecular weight is 161 g/mol. The van der Waals surface area contributed by atoms with Crippen LogP contribution >= 0.6 is 0 Å². The predicted octanol–water partition coefficient (Wildman–Crippen LogP) is 2.59. The summed E-state index contributed by atoms with van der Waals surface area (Å²) in [5, 5.41) is 0. The van der Waals surface area contributed by atoms with Crippen molar-refractivity contribution in [1.29, 1.82) is 0 Å². The second-order valence-electron chi connectivity index (χ2n) is 2.73. The van der Waals surface area contributed by atoms with Gasteiger partial charge in [0, 0.05) is 25.7 Å². The predicted molar refractivity (Wildman–Crippen MR) is 53.4 cm³/mol. The number of para-hydroxylation sites is 1. The van der Waals surface area contributed by atoms with Crippen LogP contribution in [0.25, 0.3) is 0 Å². The summed E-state index contributed by atoms with van der Waals surface area (Å²) < 4.78 is 0. The van der Waals surface area contributed by atoms with Gasteiger partial charge in [0.25, 0.3) is 0 Å². The Morgan fingerprint density at radius 2 is 1.75 bits per heavy atom. The van der Waals surface area contributed by atoms with Crippen molar-refractivity contribution in [3.05, 3.63) is 36.8 Å². The van der Waals surface area contributed by atoms with Gasteiger partial charge in [-0.25, -0.2) is 0 Å². The molecule has 1 aromatic rings. The molecule has 2 radical (unpaired) electrons. The Kier molecular flexibility index (Phi) is 3.15. The van der Waals surface area contributed by atoms with Crippen molar-refractivity contribution < 1.29 is 0 Å². The van der Waals surface area contributed by atoms with E-state index in [2.05, 4.69) is 24.8 Å². The fraction of sp³-hybridized carbons (Fsp3) is 0.364. The zero-order valence-corrected chi connectivity index (χ0v) is 7.75. The van der Waals surface area contributed by atoms with Crippen molar-refractivity contribution in [3.8, 4) is 0 Å². The summed E-state index contributed by atoms with van der Waals surface area (Å²) in [6, 6.07) is 7.97. The van der Waals surface area contributed by atoms with E-state index in [-0.39, 0.29) is 0 Å². The summed E-state index contributed by atoms with van der Waals surface area (Å²) in [5.74, 6) is 0. The van der Waals surface area contributed by atoms with Gasteiger partial charge in [-0.1, -0.05) is 18.2 Å². The monoisotopic (exact) mass is 161 g/mol. The summed E-state index contributed by atoms with van der Waals surface area (Å²) in [5.41, 5.74) is 2.00. The van der Waals surface area contributed by atoms with E-state index in [1.54, 1.807) is 0 Å². The minimum absolute atomic E-state index is 0.862. The summed E-state index contributed by atoms with van der Waals surface area (Å²) in [6.45, 7) is 12.1. The van der Waals surface area contributed by atoms with Crippen LogP contribution in [-0.4, -0.2) is 13.1 Å². The molecule has 1 rings (SSSR count). The normalized spacial score (nSPS) is 9.92. The molecule has 12 heavy (non-hydrogen) atoms. The lowest BCUT2D eigenvalue weighted by atomic mass is 10.2. The Bertz CT molecular complexity index is 239. The van der Waals surface area contributed by atoms with Crippen LogP contribution in [0, 0.1) is 6.92 Å². The summed E-state index contributed by atoms with van der Waals surface area (Å²) in [4.78, 5) is 2.25. The van der Waals surface area contributed by atoms with Gasteiger partial charge in [-0.2, -0.15) is 0 Å². The van der Waals surface area contributed by atoms with Crippen LogP contribution in [0.15, 0.2) is 24.3 Å². The summed E-state index contributed by atoms with van der Waals surface area (Å²) in [7, 11) is 0. The smallest absolute Gasteiger partial charge is 0.0401 e. The summed E-state index contributed by atoms with van der Waals surface area (Å²) >= 11 is 0. The second kappa shape index (κ2) is 4.15. The molecule has 0 aliphatic carbocycles. The van der Waals surface area contributed by atoms with E-state index in [1.165, 1.54) is 0 Å². The van der Waals surface area contributed by atoms with E-state index in [4.69, 9.17) is 6.92 Å². The van der Waals surface area contributed by atoms with Gasteiger partial charge >= 0.3 is 0 Å². The van der Waals surface area contributed by atoms with Crippen LogP contribution in [0.4, 0.5) is 5.69 Å². The van der Waals surface area contributed by atoms with Crippen molar-refractivity contribution in [2.75, 3.05) is 18.0 Å². The lowest BCUT2D eigenvalue weighted by Crippen LogP contribution is -2.22. The molecule has 0 aliphatic heterocycles. The van der Waals surface area contributed by atoms with E-state index < -0.39 is 0 Å². The molecule has 1 heteroatoms. The van der Waals surface area contributed by atoms with Crippen LogP contribution in [0.5, 0.6) is 0 Å². The number of rotatable bonds is 3. The van der Waals surface area contributed by atoms with E-state index in [0.29, 0.717) is 0 Å². The molecule has 1 nitrogen and oxygen atoms in total. The van der Waals surface area contributed by atoms with Gasteiger partial charge in [0.15, 0.2) is 0 Å². The molecular weight excluding hydrogens is 146 g/mol. The molecule has 64 valence electrons. The average Bonchev–Trinajstić information content (AvgIpc) is 2.10. The minimum atomic E-state index is 0.862. The highest BCUT2D eigenvalue weighted by Gasteiger charge is 2.02. The number of anilines is 1. The zero-order chi connectivity index (χ0) is 8.97. The topological polar surface area (TPSA) is 3.24 Å². The third-order valence-corrected chi connectivity index (χ3v) is 2.04. The van der Waals surface area contributed by atoms with Gasteiger partial charge in [0.05, 0.1) is 0 Å². The molecule has 0 unspecified atom stereocenters. The zero-order valence-electron chi connectivity index (χ0n) is 7.75. The first-order valence-electron chi connectivity index (χ1n) is 4.39. The lowest BCUT2D eigenvalue weighted by Gasteiger charge is -2.22. The highest BCUT2D eigenvalue weighted by Crippen LogP contribution is 2.18. The molecule has 0 heterocycles. The van der Waals surface area contributed by atoms with Gasteiger partial charge < -0.3 is 4.90 Å².